The van der Waals surface area contributed by atoms with E-state index in [1.807, 2.05) is 31.2 Å². The number of benzene rings is 1. The minimum absolute atomic E-state index is 0.358. The molecular weight excluding hydrogens is 358 g/mol. The molecule has 1 heterocycles. The van der Waals surface area contributed by atoms with Gasteiger partial charge < -0.3 is 10.1 Å². The largest absolute Gasteiger partial charge is 0.439 e. The van der Waals surface area contributed by atoms with Crippen molar-refractivity contribution < 1.29 is 9.13 Å². The van der Waals surface area contributed by atoms with Crippen molar-refractivity contribution in [1.29, 1.82) is 0 Å². The fraction of sp³-hybridized carbons (Fsp3) is 0.214. The number of aromatic nitrogens is 1. The fourth-order valence-corrected chi connectivity index (χ4v) is 2.10. The van der Waals surface area contributed by atoms with Gasteiger partial charge in [0.25, 0.3) is 0 Å². The molecule has 100 valence electrons. The summed E-state index contributed by atoms with van der Waals surface area (Å²) in [6.45, 7) is 3.33. The predicted octanol–water partition coefficient (Wildman–Crippen LogP) is 3.73. The SMILES string of the molecule is CCNCc1cc(F)cnc1Oc1cccc(I)c1. The third kappa shape index (κ3) is 4.14. The number of rotatable bonds is 5. The van der Waals surface area contributed by atoms with Crippen LogP contribution in [0.3, 0.4) is 0 Å². The van der Waals surface area contributed by atoms with Crippen molar-refractivity contribution in [3.05, 3.63) is 51.5 Å². The molecule has 0 aliphatic carbocycles. The Morgan fingerprint density at radius 3 is 2.95 bits per heavy atom. The van der Waals surface area contributed by atoms with E-state index in [0.717, 1.165) is 10.1 Å². The molecule has 0 aliphatic heterocycles. The molecule has 2 rings (SSSR count). The Morgan fingerprint density at radius 2 is 2.21 bits per heavy atom. The second-order valence-corrected chi connectivity index (χ2v) is 5.20. The fourth-order valence-electron chi connectivity index (χ4n) is 1.59. The van der Waals surface area contributed by atoms with Crippen LogP contribution in [0.4, 0.5) is 4.39 Å². The lowest BCUT2D eigenvalue weighted by molar-refractivity contribution is 0.448. The van der Waals surface area contributed by atoms with E-state index >= 15 is 0 Å². The number of nitrogens with one attached hydrogen (secondary N) is 1. The first kappa shape index (κ1) is 14.2. The van der Waals surface area contributed by atoms with Crippen molar-refractivity contribution in [2.75, 3.05) is 6.54 Å². The molecule has 5 heteroatoms. The molecule has 0 saturated heterocycles. The molecule has 0 atom stereocenters. The van der Waals surface area contributed by atoms with E-state index < -0.39 is 0 Å². The third-order valence-electron chi connectivity index (χ3n) is 2.47. The van der Waals surface area contributed by atoms with Gasteiger partial charge in [-0.25, -0.2) is 9.37 Å². The summed E-state index contributed by atoms with van der Waals surface area (Å²) in [5.41, 5.74) is 0.709. The van der Waals surface area contributed by atoms with E-state index in [2.05, 4.69) is 32.9 Å². The molecule has 0 bridgehead atoms. The maximum absolute atomic E-state index is 13.2. The zero-order valence-corrected chi connectivity index (χ0v) is 12.6. The van der Waals surface area contributed by atoms with E-state index in [1.54, 1.807) is 0 Å². The summed E-state index contributed by atoms with van der Waals surface area (Å²) < 4.78 is 20.0. The monoisotopic (exact) mass is 372 g/mol. The third-order valence-corrected chi connectivity index (χ3v) is 3.14. The van der Waals surface area contributed by atoms with Crippen LogP contribution in [-0.2, 0) is 6.54 Å². The van der Waals surface area contributed by atoms with E-state index in [-0.39, 0.29) is 5.82 Å². The number of hydrogen-bond donors (Lipinski definition) is 1. The van der Waals surface area contributed by atoms with Gasteiger partial charge in [-0.2, -0.15) is 0 Å². The number of nitrogens with zero attached hydrogens (tertiary/aromatic N) is 1. The second-order valence-electron chi connectivity index (χ2n) is 3.96. The zero-order chi connectivity index (χ0) is 13.7. The summed E-state index contributed by atoms with van der Waals surface area (Å²) in [5.74, 6) is 0.774. The van der Waals surface area contributed by atoms with Gasteiger partial charge in [-0.3, -0.25) is 0 Å². The van der Waals surface area contributed by atoms with Crippen LogP contribution in [0.25, 0.3) is 0 Å². The molecule has 0 unspecified atom stereocenters. The van der Waals surface area contributed by atoms with Gasteiger partial charge in [0.1, 0.15) is 11.6 Å². The Morgan fingerprint density at radius 1 is 1.37 bits per heavy atom. The highest BCUT2D eigenvalue weighted by atomic mass is 127. The first-order chi connectivity index (χ1) is 9.19. The molecular formula is C14H14FIN2O. The maximum atomic E-state index is 13.2. The topological polar surface area (TPSA) is 34.2 Å². The second kappa shape index (κ2) is 6.81. The normalized spacial score (nSPS) is 10.5. The Labute approximate surface area is 125 Å². The number of halogens is 2. The summed E-state index contributed by atoms with van der Waals surface area (Å²) in [6.07, 6.45) is 1.17. The molecule has 2 aromatic rings. The molecule has 0 amide bonds. The van der Waals surface area contributed by atoms with Crippen LogP contribution in [0.15, 0.2) is 36.5 Å². The minimum atomic E-state index is -0.358. The summed E-state index contributed by atoms with van der Waals surface area (Å²) in [5, 5.41) is 3.14. The molecule has 19 heavy (non-hydrogen) atoms. The van der Waals surface area contributed by atoms with Gasteiger partial charge in [-0.15, -0.1) is 0 Å². The molecule has 3 nitrogen and oxygen atoms in total. The van der Waals surface area contributed by atoms with Crippen LogP contribution < -0.4 is 10.1 Å². The standard InChI is InChI=1S/C14H14FIN2O/c1-2-17-8-10-6-11(15)9-18-14(10)19-13-5-3-4-12(16)7-13/h3-7,9,17H,2,8H2,1H3. The smallest absolute Gasteiger partial charge is 0.223 e. The van der Waals surface area contributed by atoms with Crippen LogP contribution in [0, 0.1) is 9.39 Å². The van der Waals surface area contributed by atoms with Crippen LogP contribution in [0.2, 0.25) is 0 Å². The number of ether oxygens (including phenoxy) is 1. The summed E-state index contributed by atoms with van der Waals surface area (Å²) in [6, 6.07) is 9.08. The van der Waals surface area contributed by atoms with Gasteiger partial charge in [0.05, 0.1) is 6.20 Å². The van der Waals surface area contributed by atoms with E-state index in [1.165, 1.54) is 12.3 Å². The molecule has 0 fully saturated rings. The lowest BCUT2D eigenvalue weighted by atomic mass is 10.2. The van der Waals surface area contributed by atoms with Gasteiger partial charge in [0.15, 0.2) is 0 Å². The van der Waals surface area contributed by atoms with Gasteiger partial charge >= 0.3 is 0 Å². The highest BCUT2D eigenvalue weighted by Gasteiger charge is 2.08. The lowest BCUT2D eigenvalue weighted by Crippen LogP contribution is -2.13. The quantitative estimate of drug-likeness (QED) is 0.813. The van der Waals surface area contributed by atoms with Crippen molar-refractivity contribution in [3.8, 4) is 11.6 Å². The molecule has 1 aromatic heterocycles. The van der Waals surface area contributed by atoms with Crippen LogP contribution >= 0.6 is 22.6 Å². The molecule has 0 spiro atoms. The highest BCUT2D eigenvalue weighted by molar-refractivity contribution is 14.1. The molecule has 1 N–H and O–H groups in total. The summed E-state index contributed by atoms with van der Waals surface area (Å²) >= 11 is 2.21. The molecule has 0 radical (unpaired) electrons. The molecule has 1 aromatic carbocycles. The van der Waals surface area contributed by atoms with E-state index in [0.29, 0.717) is 23.7 Å². The van der Waals surface area contributed by atoms with Gasteiger partial charge in [0, 0.05) is 15.7 Å². The van der Waals surface area contributed by atoms with Crippen molar-refractivity contribution in [3.63, 3.8) is 0 Å². The van der Waals surface area contributed by atoms with Crippen molar-refractivity contribution in [2.45, 2.75) is 13.5 Å². The van der Waals surface area contributed by atoms with Gasteiger partial charge in [-0.05, 0) is 53.4 Å². The lowest BCUT2D eigenvalue weighted by Gasteiger charge is -2.10. The Hall–Kier alpha value is -1.21. The Balaban J connectivity index is 2.23. The summed E-state index contributed by atoms with van der Waals surface area (Å²) in [4.78, 5) is 4.02. The molecule has 0 aliphatic rings. The highest BCUT2D eigenvalue weighted by Crippen LogP contribution is 2.24. The number of pyridine rings is 1. The van der Waals surface area contributed by atoms with E-state index in [4.69, 9.17) is 4.74 Å². The first-order valence-corrected chi connectivity index (χ1v) is 7.05. The Kier molecular flexibility index (Phi) is 5.09. The summed E-state index contributed by atoms with van der Waals surface area (Å²) in [7, 11) is 0. The average molecular weight is 372 g/mol. The van der Waals surface area contributed by atoms with Gasteiger partial charge in [-0.1, -0.05) is 13.0 Å². The zero-order valence-electron chi connectivity index (χ0n) is 10.5. The number of hydrogen-bond acceptors (Lipinski definition) is 3. The van der Waals surface area contributed by atoms with Crippen LogP contribution in [-0.4, -0.2) is 11.5 Å². The van der Waals surface area contributed by atoms with Crippen molar-refractivity contribution in [2.24, 2.45) is 0 Å². The predicted molar refractivity (Wildman–Crippen MR) is 80.8 cm³/mol. The van der Waals surface area contributed by atoms with Crippen LogP contribution in [0.1, 0.15) is 12.5 Å². The van der Waals surface area contributed by atoms with Crippen molar-refractivity contribution in [1.82, 2.24) is 10.3 Å². The van der Waals surface area contributed by atoms with Crippen molar-refractivity contribution >= 4 is 22.6 Å². The molecule has 0 saturated carbocycles. The van der Waals surface area contributed by atoms with E-state index in [9.17, 15) is 4.39 Å². The van der Waals surface area contributed by atoms with Crippen LogP contribution in [0.5, 0.6) is 11.6 Å². The average Bonchev–Trinajstić information content (AvgIpc) is 2.39. The minimum Gasteiger partial charge on any atom is -0.439 e. The maximum Gasteiger partial charge on any atom is 0.223 e. The Bertz CT molecular complexity index is 563. The first-order valence-electron chi connectivity index (χ1n) is 5.97. The van der Waals surface area contributed by atoms with Gasteiger partial charge in [0.2, 0.25) is 5.88 Å².